The number of benzene rings is 3. The molecule has 2 N–H and O–H groups in total. The van der Waals surface area contributed by atoms with Crippen molar-refractivity contribution in [3.05, 3.63) is 126 Å². The maximum Gasteiger partial charge on any atom is 0.253 e. The van der Waals surface area contributed by atoms with Crippen LogP contribution in [0.15, 0.2) is 97.3 Å². The number of amides is 1. The summed E-state index contributed by atoms with van der Waals surface area (Å²) in [7, 11) is 0. The van der Waals surface area contributed by atoms with Gasteiger partial charge >= 0.3 is 0 Å². The minimum Gasteiger partial charge on any atom is -1.00 e. The lowest BCUT2D eigenvalue weighted by atomic mass is 9.64. The second-order valence-electron chi connectivity index (χ2n) is 9.58. The van der Waals surface area contributed by atoms with Crippen molar-refractivity contribution in [1.29, 1.82) is 0 Å². The third-order valence-corrected chi connectivity index (χ3v) is 7.70. The number of carbonyl (C=O) groups excluding carboxylic acids is 1. The minimum absolute atomic E-state index is 0. The molecule has 0 spiro atoms. The Morgan fingerprint density at radius 2 is 1.64 bits per heavy atom. The molecule has 1 aliphatic carbocycles. The van der Waals surface area contributed by atoms with Crippen molar-refractivity contribution in [2.75, 3.05) is 0 Å². The fourth-order valence-electron chi connectivity index (χ4n) is 6.03. The lowest BCUT2D eigenvalue weighted by molar-refractivity contribution is -0.694. The zero-order valence-corrected chi connectivity index (χ0v) is 21.9. The third-order valence-electron chi connectivity index (χ3n) is 7.70. The number of carbonyl (C=O) groups is 1. The highest BCUT2D eigenvalue weighted by molar-refractivity contribution is 5.91. The molecule has 1 heterocycles. The Morgan fingerprint density at radius 3 is 2.22 bits per heavy atom. The molecule has 1 aliphatic rings. The predicted molar refractivity (Wildman–Crippen MR) is 134 cm³/mol. The predicted octanol–water partition coefficient (Wildman–Crippen LogP) is 2.09. The van der Waals surface area contributed by atoms with E-state index in [0.29, 0.717) is 6.54 Å². The lowest BCUT2D eigenvalue weighted by Gasteiger charge is -2.37. The quantitative estimate of drug-likeness (QED) is 0.354. The molecule has 0 bridgehead atoms. The van der Waals surface area contributed by atoms with Crippen LogP contribution in [0.1, 0.15) is 47.8 Å². The van der Waals surface area contributed by atoms with Gasteiger partial charge in [0, 0.05) is 6.92 Å². The van der Waals surface area contributed by atoms with Crippen LogP contribution in [0, 0.1) is 18.7 Å². The van der Waals surface area contributed by atoms with Crippen molar-refractivity contribution in [3.8, 4) is 0 Å². The van der Waals surface area contributed by atoms with Gasteiger partial charge < -0.3 is 22.7 Å². The Morgan fingerprint density at radius 1 is 1.00 bits per heavy atom. The third kappa shape index (κ3) is 4.62. The number of hydrogen-bond acceptors (Lipinski definition) is 1. The Kier molecular flexibility index (Phi) is 7.74. The summed E-state index contributed by atoms with van der Waals surface area (Å²) in [5, 5.41) is 0. The number of nitrogens with two attached hydrogens (primary N) is 1. The average molecular weight is 549 g/mol. The van der Waals surface area contributed by atoms with E-state index in [1.165, 1.54) is 6.07 Å². The lowest BCUT2D eigenvalue weighted by Crippen LogP contribution is -3.00. The maximum atomic E-state index is 13.7. The standard InChI is InChI=1S/C30H30FN3O.BrH/c1-22-33(21-23-9-8-14-27(31)19-23)17-18-34(22)28-16-15-26(20-28)30(29(32)35,24-10-4-2-5-11-24)25-12-6-3-7-13-25;/h2-14,17-19,26,28H,15-16,20-21H2,1H3,(H-,32,35);1H/t26-,28+;/m0./s1. The van der Waals surface area contributed by atoms with Crippen LogP contribution in [0.3, 0.4) is 0 Å². The summed E-state index contributed by atoms with van der Waals surface area (Å²) in [6.45, 7) is 2.72. The summed E-state index contributed by atoms with van der Waals surface area (Å²) in [6.07, 6.45) is 6.89. The highest BCUT2D eigenvalue weighted by atomic mass is 79.9. The highest BCUT2D eigenvalue weighted by Crippen LogP contribution is 2.49. The van der Waals surface area contributed by atoms with Crippen molar-refractivity contribution in [2.24, 2.45) is 11.7 Å². The average Bonchev–Trinajstić information content (AvgIpc) is 3.48. The number of halogens is 2. The first-order valence-electron chi connectivity index (χ1n) is 12.2. The van der Waals surface area contributed by atoms with Crippen LogP contribution < -0.4 is 27.3 Å². The number of hydrogen-bond donors (Lipinski definition) is 1. The SMILES string of the molecule is Cc1n([C@@H]2CC[C@H](C(C(N)=O)(c3ccccc3)c3ccccc3)C2)cc[n+]1Cc1cccc(F)c1.[Br-]. The smallest absolute Gasteiger partial charge is 0.253 e. The second kappa shape index (κ2) is 10.8. The van der Waals surface area contributed by atoms with E-state index >= 15 is 0 Å². The number of imidazole rings is 1. The van der Waals surface area contributed by atoms with Gasteiger partial charge in [-0.2, -0.15) is 0 Å². The molecule has 1 fully saturated rings. The molecule has 4 aromatic rings. The summed E-state index contributed by atoms with van der Waals surface area (Å²) in [6, 6.07) is 27.0. The first-order valence-corrected chi connectivity index (χ1v) is 12.2. The summed E-state index contributed by atoms with van der Waals surface area (Å²) in [5.74, 6) is 0.673. The molecular formula is C30H31BrFN3O. The number of nitrogens with zero attached hydrogens (tertiary/aromatic N) is 2. The van der Waals surface area contributed by atoms with Gasteiger partial charge in [0.15, 0.2) is 0 Å². The van der Waals surface area contributed by atoms with Crippen LogP contribution in [0.25, 0.3) is 0 Å². The van der Waals surface area contributed by atoms with Crippen molar-refractivity contribution in [2.45, 2.75) is 44.2 Å². The summed E-state index contributed by atoms with van der Waals surface area (Å²) in [4.78, 5) is 13.3. The van der Waals surface area contributed by atoms with Crippen LogP contribution in [-0.4, -0.2) is 10.5 Å². The summed E-state index contributed by atoms with van der Waals surface area (Å²) < 4.78 is 18.1. The van der Waals surface area contributed by atoms with Crippen molar-refractivity contribution in [1.82, 2.24) is 4.57 Å². The Balaban J connectivity index is 0.00000304. The van der Waals surface area contributed by atoms with Gasteiger partial charge in [0.1, 0.15) is 36.2 Å². The molecular weight excluding hydrogens is 517 g/mol. The van der Waals surface area contributed by atoms with Gasteiger partial charge in [0.05, 0.1) is 0 Å². The van der Waals surface area contributed by atoms with E-state index < -0.39 is 5.41 Å². The molecule has 1 amide bonds. The van der Waals surface area contributed by atoms with Gasteiger partial charge in [0.25, 0.3) is 5.82 Å². The monoisotopic (exact) mass is 547 g/mol. The summed E-state index contributed by atoms with van der Waals surface area (Å²) >= 11 is 0. The molecule has 0 unspecified atom stereocenters. The number of rotatable bonds is 7. The maximum absolute atomic E-state index is 13.7. The molecule has 0 aliphatic heterocycles. The Bertz CT molecular complexity index is 1280. The van der Waals surface area contributed by atoms with E-state index in [2.05, 4.69) is 28.5 Å². The van der Waals surface area contributed by atoms with Gasteiger partial charge in [0.2, 0.25) is 5.91 Å². The molecule has 2 atom stereocenters. The van der Waals surface area contributed by atoms with Gasteiger partial charge in [-0.15, -0.1) is 0 Å². The zero-order chi connectivity index (χ0) is 24.4. The molecule has 1 aromatic heterocycles. The normalized spacial score (nSPS) is 17.5. The van der Waals surface area contributed by atoms with Crippen molar-refractivity contribution in [3.63, 3.8) is 0 Å². The van der Waals surface area contributed by atoms with E-state index in [1.807, 2.05) is 66.7 Å². The largest absolute Gasteiger partial charge is 1.00 e. The van der Waals surface area contributed by atoms with Gasteiger partial charge in [-0.1, -0.05) is 72.8 Å². The van der Waals surface area contributed by atoms with Crippen LogP contribution >= 0.6 is 0 Å². The molecule has 0 saturated heterocycles. The summed E-state index contributed by atoms with van der Waals surface area (Å²) in [5.41, 5.74) is 8.21. The Hall–Kier alpha value is -3.25. The molecule has 0 radical (unpaired) electrons. The van der Waals surface area contributed by atoms with Crippen LogP contribution in [0.4, 0.5) is 4.39 Å². The fraction of sp³-hybridized carbons (Fsp3) is 0.267. The number of primary amides is 1. The van der Waals surface area contributed by atoms with E-state index in [0.717, 1.165) is 41.8 Å². The second-order valence-corrected chi connectivity index (χ2v) is 9.58. The number of aromatic nitrogens is 2. The zero-order valence-electron chi connectivity index (χ0n) is 20.4. The van der Waals surface area contributed by atoms with Crippen LogP contribution in [0.5, 0.6) is 0 Å². The van der Waals surface area contributed by atoms with Crippen LogP contribution in [0.2, 0.25) is 0 Å². The van der Waals surface area contributed by atoms with E-state index in [9.17, 15) is 9.18 Å². The molecule has 36 heavy (non-hydrogen) atoms. The highest BCUT2D eigenvalue weighted by Gasteiger charge is 2.51. The molecule has 4 nitrogen and oxygen atoms in total. The molecule has 186 valence electrons. The van der Waals surface area contributed by atoms with Gasteiger partial charge in [-0.25, -0.2) is 13.5 Å². The van der Waals surface area contributed by atoms with Crippen molar-refractivity contribution < 1.29 is 30.7 Å². The van der Waals surface area contributed by atoms with Gasteiger partial charge in [-0.3, -0.25) is 4.79 Å². The Labute approximate surface area is 222 Å². The van der Waals surface area contributed by atoms with Crippen LogP contribution in [-0.2, 0) is 16.8 Å². The molecule has 6 heteroatoms. The molecule has 3 aromatic carbocycles. The van der Waals surface area contributed by atoms with Gasteiger partial charge in [-0.05, 0) is 54.0 Å². The van der Waals surface area contributed by atoms with Crippen molar-refractivity contribution >= 4 is 5.91 Å². The molecule has 1 saturated carbocycles. The molecule has 5 rings (SSSR count). The topological polar surface area (TPSA) is 51.9 Å². The fourth-order valence-corrected chi connectivity index (χ4v) is 6.03. The van der Waals surface area contributed by atoms with E-state index in [1.54, 1.807) is 12.1 Å². The first kappa shape index (κ1) is 25.8. The van der Waals surface area contributed by atoms with E-state index in [4.69, 9.17) is 5.73 Å². The minimum atomic E-state index is -0.879. The first-order chi connectivity index (χ1) is 17.0. The van der Waals surface area contributed by atoms with E-state index in [-0.39, 0.29) is 40.7 Å².